The van der Waals surface area contributed by atoms with Crippen LogP contribution >= 0.6 is 10.0 Å². The number of β-lactam (4-membered cyclic amide) rings is 1. The maximum Gasteiger partial charge on any atom is 0.330 e. The summed E-state index contributed by atoms with van der Waals surface area (Å²) in [6, 6.07) is 15.4. The number of nitrogens with zero attached hydrogens (tertiary/aromatic N) is 2. The van der Waals surface area contributed by atoms with E-state index in [0.717, 1.165) is 5.56 Å². The van der Waals surface area contributed by atoms with Crippen molar-refractivity contribution in [2.45, 2.75) is 43.0 Å². The van der Waals surface area contributed by atoms with Crippen LogP contribution in [-0.4, -0.2) is 63.4 Å². The minimum Gasteiger partial charge on any atom is -0.497 e. The van der Waals surface area contributed by atoms with E-state index in [2.05, 4.69) is 0 Å². The summed E-state index contributed by atoms with van der Waals surface area (Å²) in [7, 11) is 0.659. The van der Waals surface area contributed by atoms with Gasteiger partial charge < -0.3 is 24.4 Å². The summed E-state index contributed by atoms with van der Waals surface area (Å²) in [6.07, 6.45) is 0.129. The van der Waals surface area contributed by atoms with Crippen molar-refractivity contribution in [1.29, 1.82) is 0 Å². The normalized spacial score (nSPS) is 26.6. The van der Waals surface area contributed by atoms with Gasteiger partial charge in [0.2, 0.25) is 5.91 Å². The first-order valence-electron chi connectivity index (χ1n) is 11.0. The van der Waals surface area contributed by atoms with E-state index in [9.17, 15) is 19.5 Å². The van der Waals surface area contributed by atoms with Crippen LogP contribution in [0.2, 0.25) is 0 Å². The van der Waals surface area contributed by atoms with E-state index in [1.165, 1.54) is 9.80 Å². The molecular formula is C25H30N2O6S. The van der Waals surface area contributed by atoms with E-state index in [0.29, 0.717) is 11.4 Å². The Labute approximate surface area is 200 Å². The fourth-order valence-corrected chi connectivity index (χ4v) is 9.20. The quantitative estimate of drug-likeness (QED) is 0.496. The molecule has 2 aliphatic heterocycles. The first-order valence-corrected chi connectivity index (χ1v) is 12.9. The average molecular weight is 487 g/mol. The van der Waals surface area contributed by atoms with Gasteiger partial charge in [-0.1, -0.05) is 30.3 Å². The second kappa shape index (κ2) is 8.96. The fourth-order valence-electron chi connectivity index (χ4n) is 4.94. The van der Waals surface area contributed by atoms with Crippen LogP contribution in [0.1, 0.15) is 25.8 Å². The standard InChI is InChI=1S/C25H30N2O6S/c1-25(2)22(23(30)33-15-17-8-6-5-7-9-17)27-20(29)14-21(27)34(25,16-28)24(31)26(3)18-10-12-19(32-4)13-11-18/h5-13,21-22,28H,14-16H2,1-4H3/t21-,22+/m1/s1. The predicted octanol–water partition coefficient (Wildman–Crippen LogP) is 3.47. The predicted molar refractivity (Wildman–Crippen MR) is 131 cm³/mol. The molecule has 182 valence electrons. The molecule has 2 amide bonds. The number of fused-ring (bicyclic) bond motifs is 1. The summed E-state index contributed by atoms with van der Waals surface area (Å²) in [5, 5.41) is 9.91. The van der Waals surface area contributed by atoms with Gasteiger partial charge in [0, 0.05) is 17.5 Å². The maximum atomic E-state index is 14.0. The molecule has 0 spiro atoms. The number of aliphatic hydroxyl groups excluding tert-OH is 1. The number of hydrogen-bond acceptors (Lipinski definition) is 6. The SMILES string of the molecule is COc1ccc(N(C)C(=O)S2(CO)[C@@H]3CC(=O)N3[C@@H](C(=O)OCc3ccccc3)C2(C)C)cc1. The monoisotopic (exact) mass is 486 g/mol. The summed E-state index contributed by atoms with van der Waals surface area (Å²) < 4.78 is 9.80. The number of carbonyl (C=O) groups excluding carboxylic acids is 3. The molecule has 0 aliphatic carbocycles. The molecule has 8 nitrogen and oxygen atoms in total. The Hall–Kier alpha value is -3.04. The Kier molecular flexibility index (Phi) is 6.35. The van der Waals surface area contributed by atoms with E-state index in [1.807, 2.05) is 30.3 Å². The lowest BCUT2D eigenvalue weighted by atomic mass is 9.98. The molecule has 2 aromatic rings. The van der Waals surface area contributed by atoms with Crippen LogP contribution in [0.15, 0.2) is 54.6 Å². The van der Waals surface area contributed by atoms with Crippen LogP contribution in [0, 0.1) is 0 Å². The molecule has 0 bridgehead atoms. The van der Waals surface area contributed by atoms with Crippen LogP contribution < -0.4 is 9.64 Å². The molecule has 2 heterocycles. The van der Waals surface area contributed by atoms with Crippen LogP contribution in [0.25, 0.3) is 0 Å². The number of esters is 1. The van der Waals surface area contributed by atoms with Gasteiger partial charge in [0.15, 0.2) is 0 Å². The van der Waals surface area contributed by atoms with Crippen molar-refractivity contribution in [3.63, 3.8) is 0 Å². The maximum absolute atomic E-state index is 14.0. The van der Waals surface area contributed by atoms with Crippen molar-refractivity contribution in [3.8, 4) is 5.75 Å². The molecule has 34 heavy (non-hydrogen) atoms. The second-order valence-corrected chi connectivity index (χ2v) is 12.8. The number of aliphatic hydroxyl groups is 1. The van der Waals surface area contributed by atoms with E-state index >= 15 is 0 Å². The largest absolute Gasteiger partial charge is 0.497 e. The number of anilines is 1. The molecule has 0 radical (unpaired) electrons. The van der Waals surface area contributed by atoms with E-state index < -0.39 is 38.1 Å². The van der Waals surface area contributed by atoms with Crippen molar-refractivity contribution in [2.75, 3.05) is 25.0 Å². The zero-order chi connectivity index (χ0) is 24.7. The lowest BCUT2D eigenvalue weighted by Crippen LogP contribution is -2.57. The number of hydrogen-bond donors (Lipinski definition) is 1. The highest BCUT2D eigenvalue weighted by Crippen LogP contribution is 2.74. The Morgan fingerprint density at radius 3 is 2.35 bits per heavy atom. The Morgan fingerprint density at radius 1 is 1.15 bits per heavy atom. The van der Waals surface area contributed by atoms with Crippen molar-refractivity contribution in [1.82, 2.24) is 4.90 Å². The Bertz CT molecular complexity index is 1090. The molecule has 1 unspecified atom stereocenters. The molecule has 2 aliphatic rings. The van der Waals surface area contributed by atoms with E-state index in [4.69, 9.17) is 9.47 Å². The second-order valence-electron chi connectivity index (χ2n) is 9.00. The smallest absolute Gasteiger partial charge is 0.330 e. The van der Waals surface area contributed by atoms with Crippen molar-refractivity contribution in [2.24, 2.45) is 0 Å². The molecule has 3 atom stereocenters. The van der Waals surface area contributed by atoms with Crippen LogP contribution in [0.3, 0.4) is 0 Å². The van der Waals surface area contributed by atoms with Crippen molar-refractivity contribution in [3.05, 3.63) is 60.2 Å². The van der Waals surface area contributed by atoms with Crippen LogP contribution in [0.5, 0.6) is 5.75 Å². The van der Waals surface area contributed by atoms with E-state index in [-0.39, 0.29) is 24.2 Å². The third kappa shape index (κ3) is 3.54. The molecule has 0 saturated carbocycles. The summed E-state index contributed by atoms with van der Waals surface area (Å²) in [4.78, 5) is 42.9. The van der Waals surface area contributed by atoms with Gasteiger partial charge in [0.1, 0.15) is 18.4 Å². The molecule has 9 heteroatoms. The Morgan fingerprint density at radius 2 is 1.79 bits per heavy atom. The number of benzene rings is 2. The number of rotatable bonds is 6. The Balaban J connectivity index is 1.65. The van der Waals surface area contributed by atoms with Gasteiger partial charge in [-0.25, -0.2) is 4.79 Å². The van der Waals surface area contributed by atoms with Crippen molar-refractivity contribution < 1.29 is 29.0 Å². The lowest BCUT2D eigenvalue weighted by Gasteiger charge is -2.50. The van der Waals surface area contributed by atoms with Gasteiger partial charge in [-0.3, -0.25) is 9.59 Å². The third-order valence-corrected chi connectivity index (χ3v) is 11.7. The van der Waals surface area contributed by atoms with Gasteiger partial charge in [-0.2, -0.15) is 0 Å². The van der Waals surface area contributed by atoms with Crippen molar-refractivity contribution >= 4 is 32.8 Å². The molecular weight excluding hydrogens is 456 g/mol. The van der Waals surface area contributed by atoms with Crippen LogP contribution in [0.4, 0.5) is 10.5 Å². The number of methoxy groups -OCH3 is 1. The average Bonchev–Trinajstić information content (AvgIpc) is 3.02. The molecule has 0 aromatic heterocycles. The summed E-state index contributed by atoms with van der Waals surface area (Å²) in [5.74, 6) is -0.528. The molecule has 2 fully saturated rings. The van der Waals surface area contributed by atoms with Gasteiger partial charge in [0.05, 0.1) is 24.8 Å². The van der Waals surface area contributed by atoms with Gasteiger partial charge in [-0.05, 0) is 43.7 Å². The zero-order valence-corrected chi connectivity index (χ0v) is 20.6. The first-order chi connectivity index (χ1) is 16.2. The minimum atomic E-state index is -2.55. The van der Waals surface area contributed by atoms with Gasteiger partial charge in [-0.15, -0.1) is 10.0 Å². The highest BCUT2D eigenvalue weighted by molar-refractivity contribution is 8.46. The highest BCUT2D eigenvalue weighted by Gasteiger charge is 2.72. The third-order valence-electron chi connectivity index (χ3n) is 6.98. The van der Waals surface area contributed by atoms with E-state index in [1.54, 1.807) is 52.3 Å². The molecule has 2 saturated heterocycles. The summed E-state index contributed by atoms with van der Waals surface area (Å²) >= 11 is 0. The highest BCUT2D eigenvalue weighted by atomic mass is 32.3. The number of ether oxygens (including phenoxy) is 2. The minimum absolute atomic E-state index is 0.0695. The van der Waals surface area contributed by atoms with Crippen LogP contribution in [-0.2, 0) is 20.9 Å². The zero-order valence-electron chi connectivity index (χ0n) is 19.8. The number of amides is 2. The molecule has 2 aromatic carbocycles. The fraction of sp³-hybridized carbons (Fsp3) is 0.400. The van der Waals surface area contributed by atoms with Gasteiger partial charge in [0.25, 0.3) is 5.24 Å². The molecule has 1 N–H and O–H groups in total. The topological polar surface area (TPSA) is 96.4 Å². The van der Waals surface area contributed by atoms with Gasteiger partial charge >= 0.3 is 5.97 Å². The number of carbonyl (C=O) groups is 3. The lowest BCUT2D eigenvalue weighted by molar-refractivity contribution is -0.162. The molecule has 4 rings (SSSR count). The first kappa shape index (κ1) is 24.1. The summed E-state index contributed by atoms with van der Waals surface area (Å²) in [5.41, 5.74) is 1.46. The summed E-state index contributed by atoms with van der Waals surface area (Å²) in [6.45, 7) is 3.65.